The van der Waals surface area contributed by atoms with Crippen LogP contribution in [0.5, 0.6) is 0 Å². The summed E-state index contributed by atoms with van der Waals surface area (Å²) in [6, 6.07) is 10.1. The van der Waals surface area contributed by atoms with E-state index in [9.17, 15) is 19.5 Å². The number of rotatable bonds is 2. The lowest BCUT2D eigenvalue weighted by molar-refractivity contribution is 0.0692. The third-order valence-corrected chi connectivity index (χ3v) is 5.02. The van der Waals surface area contributed by atoms with E-state index in [1.54, 1.807) is 0 Å². The molecule has 28 heavy (non-hydrogen) atoms. The summed E-state index contributed by atoms with van der Waals surface area (Å²) in [7, 11) is 0. The molecule has 5 heteroatoms. The van der Waals surface area contributed by atoms with Crippen molar-refractivity contribution in [2.75, 3.05) is 4.90 Å². The molecule has 0 saturated carbocycles. The predicted molar refractivity (Wildman–Crippen MR) is 108 cm³/mol. The molecular weight excluding hydrogens is 354 g/mol. The monoisotopic (exact) mass is 379 g/mol. The average molecular weight is 379 g/mol. The van der Waals surface area contributed by atoms with Crippen LogP contribution in [0.15, 0.2) is 36.4 Å². The topological polar surface area (TPSA) is 74.7 Å². The molecule has 1 N–H and O–H groups in total. The standard InChI is InChI=1S/C23H25NO4/c1-22(2,3)15-11-8-12-16(23(4,5)6)18(15)24-19(25)13-9-7-10-14(21(27)28)17(13)20(24)26/h7-12H,1-6H3,(H,27,28). The van der Waals surface area contributed by atoms with Crippen LogP contribution in [0.2, 0.25) is 0 Å². The second kappa shape index (κ2) is 6.30. The van der Waals surface area contributed by atoms with Gasteiger partial charge < -0.3 is 5.11 Å². The third-order valence-electron chi connectivity index (χ3n) is 5.02. The van der Waals surface area contributed by atoms with E-state index >= 15 is 0 Å². The predicted octanol–water partition coefficient (Wildman–Crippen LogP) is 4.78. The highest BCUT2D eigenvalue weighted by Crippen LogP contribution is 2.43. The number of hydrogen-bond donors (Lipinski definition) is 1. The third kappa shape index (κ3) is 3.01. The first kappa shape index (κ1) is 19.8. The van der Waals surface area contributed by atoms with E-state index in [2.05, 4.69) is 0 Å². The summed E-state index contributed by atoms with van der Waals surface area (Å²) in [4.78, 5) is 39.4. The van der Waals surface area contributed by atoms with Crippen LogP contribution < -0.4 is 4.90 Å². The molecule has 0 spiro atoms. The van der Waals surface area contributed by atoms with Crippen LogP contribution in [0.4, 0.5) is 5.69 Å². The highest BCUT2D eigenvalue weighted by atomic mass is 16.4. The zero-order chi connectivity index (χ0) is 21.0. The average Bonchev–Trinajstić information content (AvgIpc) is 2.83. The Morgan fingerprint density at radius 2 is 1.32 bits per heavy atom. The minimum absolute atomic E-state index is 0.0384. The smallest absolute Gasteiger partial charge is 0.336 e. The number of carbonyl (C=O) groups excluding carboxylic acids is 2. The molecule has 0 aromatic heterocycles. The molecular formula is C23H25NO4. The number of hydrogen-bond acceptors (Lipinski definition) is 3. The van der Waals surface area contributed by atoms with Gasteiger partial charge in [0.1, 0.15) is 0 Å². The molecule has 1 aliphatic rings. The molecule has 0 bridgehead atoms. The number of fused-ring (bicyclic) bond motifs is 1. The van der Waals surface area contributed by atoms with Crippen molar-refractivity contribution >= 4 is 23.5 Å². The Hall–Kier alpha value is -2.95. The largest absolute Gasteiger partial charge is 0.478 e. The summed E-state index contributed by atoms with van der Waals surface area (Å²) in [5, 5.41) is 9.50. The van der Waals surface area contributed by atoms with Gasteiger partial charge in [-0.25, -0.2) is 9.69 Å². The number of para-hydroxylation sites is 1. The first-order valence-electron chi connectivity index (χ1n) is 9.24. The molecule has 0 atom stereocenters. The van der Waals surface area contributed by atoms with Gasteiger partial charge in [-0.3, -0.25) is 9.59 Å². The van der Waals surface area contributed by atoms with Gasteiger partial charge in [0.05, 0.1) is 22.4 Å². The molecule has 0 aliphatic carbocycles. The summed E-state index contributed by atoms with van der Waals surface area (Å²) in [6.45, 7) is 12.2. The zero-order valence-corrected chi connectivity index (χ0v) is 17.1. The number of carboxylic acid groups (broad SMARTS) is 1. The molecule has 0 fully saturated rings. The van der Waals surface area contributed by atoms with Gasteiger partial charge >= 0.3 is 5.97 Å². The van der Waals surface area contributed by atoms with Crippen molar-refractivity contribution < 1.29 is 19.5 Å². The Bertz CT molecular complexity index is 974. The van der Waals surface area contributed by atoms with E-state index in [1.807, 2.05) is 59.7 Å². The van der Waals surface area contributed by atoms with Crippen molar-refractivity contribution in [1.82, 2.24) is 0 Å². The van der Waals surface area contributed by atoms with Crippen molar-refractivity contribution in [3.05, 3.63) is 64.2 Å². The Balaban J connectivity index is 2.34. The molecule has 0 unspecified atom stereocenters. The molecule has 1 heterocycles. The van der Waals surface area contributed by atoms with Gasteiger partial charge in [0, 0.05) is 0 Å². The summed E-state index contributed by atoms with van der Waals surface area (Å²) >= 11 is 0. The number of carboxylic acids is 1. The Kier molecular flexibility index (Phi) is 4.45. The number of anilines is 1. The molecule has 2 aromatic rings. The molecule has 2 aromatic carbocycles. The van der Waals surface area contributed by atoms with Gasteiger partial charge in [0.2, 0.25) is 0 Å². The van der Waals surface area contributed by atoms with Crippen molar-refractivity contribution in [2.45, 2.75) is 52.4 Å². The molecule has 146 valence electrons. The molecule has 2 amide bonds. The summed E-state index contributed by atoms with van der Waals surface area (Å²) < 4.78 is 0. The summed E-state index contributed by atoms with van der Waals surface area (Å²) in [5.41, 5.74) is 1.60. The van der Waals surface area contributed by atoms with E-state index in [0.717, 1.165) is 16.0 Å². The van der Waals surface area contributed by atoms with Gasteiger partial charge in [-0.15, -0.1) is 0 Å². The number of imide groups is 1. The van der Waals surface area contributed by atoms with Gasteiger partial charge in [0.15, 0.2) is 0 Å². The van der Waals surface area contributed by atoms with E-state index < -0.39 is 17.8 Å². The van der Waals surface area contributed by atoms with E-state index in [4.69, 9.17) is 0 Å². The Morgan fingerprint density at radius 3 is 1.79 bits per heavy atom. The molecule has 0 radical (unpaired) electrons. The van der Waals surface area contributed by atoms with Gasteiger partial charge in [-0.2, -0.15) is 0 Å². The maximum Gasteiger partial charge on any atom is 0.336 e. The van der Waals surface area contributed by atoms with Crippen LogP contribution in [0.1, 0.15) is 83.7 Å². The van der Waals surface area contributed by atoms with Crippen LogP contribution in [-0.2, 0) is 10.8 Å². The minimum Gasteiger partial charge on any atom is -0.478 e. The fourth-order valence-electron chi connectivity index (χ4n) is 3.66. The van der Waals surface area contributed by atoms with E-state index in [-0.39, 0.29) is 27.5 Å². The Morgan fingerprint density at radius 1 is 0.821 bits per heavy atom. The first-order valence-corrected chi connectivity index (χ1v) is 9.24. The summed E-state index contributed by atoms with van der Waals surface area (Å²) in [6.07, 6.45) is 0. The van der Waals surface area contributed by atoms with Crippen LogP contribution in [-0.4, -0.2) is 22.9 Å². The van der Waals surface area contributed by atoms with Crippen LogP contribution in [0, 0.1) is 0 Å². The Labute approximate surface area is 165 Å². The maximum absolute atomic E-state index is 13.3. The molecule has 3 rings (SSSR count). The lowest BCUT2D eigenvalue weighted by atomic mass is 9.78. The van der Waals surface area contributed by atoms with Crippen LogP contribution >= 0.6 is 0 Å². The van der Waals surface area contributed by atoms with Crippen LogP contribution in [0.25, 0.3) is 0 Å². The van der Waals surface area contributed by atoms with Gasteiger partial charge in [0.25, 0.3) is 11.8 Å². The van der Waals surface area contributed by atoms with Crippen molar-refractivity contribution in [3.63, 3.8) is 0 Å². The highest BCUT2D eigenvalue weighted by Gasteiger charge is 2.43. The SMILES string of the molecule is CC(C)(C)c1cccc(C(C)(C)C)c1N1C(=O)c2cccc(C(=O)O)c2C1=O. The first-order chi connectivity index (χ1) is 12.9. The minimum atomic E-state index is -1.22. The number of nitrogens with zero attached hydrogens (tertiary/aromatic N) is 1. The number of benzene rings is 2. The van der Waals surface area contributed by atoms with Gasteiger partial charge in [-0.1, -0.05) is 65.8 Å². The van der Waals surface area contributed by atoms with Crippen molar-refractivity contribution in [2.24, 2.45) is 0 Å². The van der Waals surface area contributed by atoms with Crippen molar-refractivity contribution in [1.29, 1.82) is 0 Å². The normalized spacial score (nSPS) is 14.4. The van der Waals surface area contributed by atoms with E-state index in [1.165, 1.54) is 18.2 Å². The number of amides is 2. The number of carbonyl (C=O) groups is 3. The molecule has 1 aliphatic heterocycles. The second-order valence-corrected chi connectivity index (χ2v) is 9.18. The van der Waals surface area contributed by atoms with Crippen molar-refractivity contribution in [3.8, 4) is 0 Å². The fraction of sp³-hybridized carbons (Fsp3) is 0.348. The zero-order valence-electron chi connectivity index (χ0n) is 17.1. The summed E-state index contributed by atoms with van der Waals surface area (Å²) in [5.74, 6) is -2.29. The molecule has 0 saturated heterocycles. The van der Waals surface area contributed by atoms with E-state index in [0.29, 0.717) is 5.69 Å². The number of aromatic carboxylic acids is 1. The molecule has 5 nitrogen and oxygen atoms in total. The maximum atomic E-state index is 13.3. The lowest BCUT2D eigenvalue weighted by Crippen LogP contribution is -2.35. The van der Waals surface area contributed by atoms with Gasteiger partial charge in [-0.05, 0) is 34.1 Å². The lowest BCUT2D eigenvalue weighted by Gasteiger charge is -2.33. The highest BCUT2D eigenvalue weighted by molar-refractivity contribution is 6.36. The fourth-order valence-corrected chi connectivity index (χ4v) is 3.66. The quantitative estimate of drug-likeness (QED) is 0.762. The second-order valence-electron chi connectivity index (χ2n) is 9.18. The van der Waals surface area contributed by atoms with Crippen LogP contribution in [0.3, 0.4) is 0 Å².